The highest BCUT2D eigenvalue weighted by atomic mass is 16.2. The summed E-state index contributed by atoms with van der Waals surface area (Å²) in [6, 6.07) is 0.194. The average Bonchev–Trinajstić information content (AvgIpc) is 2.76. The van der Waals surface area contributed by atoms with E-state index < -0.39 is 5.91 Å². The van der Waals surface area contributed by atoms with Crippen molar-refractivity contribution < 1.29 is 9.59 Å². The highest BCUT2D eigenvalue weighted by Gasteiger charge is 2.26. The van der Waals surface area contributed by atoms with Crippen molar-refractivity contribution in [3.8, 4) is 0 Å². The first-order chi connectivity index (χ1) is 9.70. The molecule has 2 N–H and O–H groups in total. The average molecular weight is 281 g/mol. The first-order valence-corrected chi connectivity index (χ1v) is 8.01. The summed E-state index contributed by atoms with van der Waals surface area (Å²) in [4.78, 5) is 25.9. The Morgan fingerprint density at radius 1 is 1.15 bits per heavy atom. The van der Waals surface area contributed by atoms with Gasteiger partial charge in [-0.2, -0.15) is 0 Å². The molecule has 5 heteroatoms. The molecule has 0 aromatic carbocycles. The van der Waals surface area contributed by atoms with Gasteiger partial charge in [-0.3, -0.25) is 9.59 Å². The molecule has 1 saturated heterocycles. The summed E-state index contributed by atoms with van der Waals surface area (Å²) >= 11 is 0. The highest BCUT2D eigenvalue weighted by molar-refractivity contribution is 6.35. The van der Waals surface area contributed by atoms with Crippen molar-refractivity contribution in [2.75, 3.05) is 26.2 Å². The van der Waals surface area contributed by atoms with E-state index in [2.05, 4.69) is 17.6 Å². The first kappa shape index (κ1) is 15.3. The van der Waals surface area contributed by atoms with Crippen molar-refractivity contribution >= 4 is 11.8 Å². The molecule has 0 bridgehead atoms. The van der Waals surface area contributed by atoms with E-state index in [9.17, 15) is 9.59 Å². The van der Waals surface area contributed by atoms with Crippen molar-refractivity contribution in [3.63, 3.8) is 0 Å². The summed E-state index contributed by atoms with van der Waals surface area (Å²) < 4.78 is 0. The number of rotatable bonds is 2. The third-order valence-corrected chi connectivity index (χ3v) is 4.58. The Hall–Kier alpha value is -1.10. The summed E-state index contributed by atoms with van der Waals surface area (Å²) in [7, 11) is 0. The lowest BCUT2D eigenvalue weighted by atomic mass is 9.84. The molecule has 0 aromatic rings. The maximum absolute atomic E-state index is 12.1. The molecule has 2 amide bonds. The second-order valence-electron chi connectivity index (χ2n) is 6.00. The lowest BCUT2D eigenvalue weighted by Crippen LogP contribution is -2.48. The molecule has 1 heterocycles. The smallest absolute Gasteiger partial charge is 0.311 e. The highest BCUT2D eigenvalue weighted by Crippen LogP contribution is 2.26. The standard InChI is InChI=1S/C15H27N3O2/c1-2-12-4-6-13(7-5-12)17-14(19)15(20)18-10-3-8-16-9-11-18/h12-13,16H,2-11H2,1H3,(H,17,19). The number of nitrogens with one attached hydrogen (secondary N) is 2. The first-order valence-electron chi connectivity index (χ1n) is 8.01. The molecule has 1 aliphatic carbocycles. The Kier molecular flexibility index (Phi) is 5.83. The summed E-state index contributed by atoms with van der Waals surface area (Å²) in [5, 5.41) is 6.17. The monoisotopic (exact) mass is 281 g/mol. The zero-order chi connectivity index (χ0) is 14.4. The fraction of sp³-hybridized carbons (Fsp3) is 0.867. The molecule has 0 aromatic heterocycles. The maximum Gasteiger partial charge on any atom is 0.311 e. The van der Waals surface area contributed by atoms with Gasteiger partial charge in [0.2, 0.25) is 0 Å². The molecule has 1 aliphatic heterocycles. The summed E-state index contributed by atoms with van der Waals surface area (Å²) in [6.45, 7) is 5.24. The van der Waals surface area contributed by atoms with E-state index >= 15 is 0 Å². The Labute approximate surface area is 121 Å². The molecular formula is C15H27N3O2. The van der Waals surface area contributed by atoms with Gasteiger partial charge in [-0.1, -0.05) is 13.3 Å². The molecule has 2 rings (SSSR count). The van der Waals surface area contributed by atoms with Crippen LogP contribution in [0.3, 0.4) is 0 Å². The van der Waals surface area contributed by atoms with E-state index in [-0.39, 0.29) is 11.9 Å². The topological polar surface area (TPSA) is 61.4 Å². The molecule has 1 saturated carbocycles. The van der Waals surface area contributed by atoms with Crippen LogP contribution >= 0.6 is 0 Å². The van der Waals surface area contributed by atoms with Gasteiger partial charge in [-0.05, 0) is 44.6 Å². The van der Waals surface area contributed by atoms with Crippen LogP contribution in [0.1, 0.15) is 45.4 Å². The van der Waals surface area contributed by atoms with Gasteiger partial charge in [-0.25, -0.2) is 0 Å². The minimum Gasteiger partial charge on any atom is -0.345 e. The quantitative estimate of drug-likeness (QED) is 0.739. The van der Waals surface area contributed by atoms with Gasteiger partial charge in [0, 0.05) is 25.7 Å². The van der Waals surface area contributed by atoms with Gasteiger partial charge in [-0.15, -0.1) is 0 Å². The molecule has 0 spiro atoms. The minimum absolute atomic E-state index is 0.194. The van der Waals surface area contributed by atoms with E-state index in [1.807, 2.05) is 0 Å². The van der Waals surface area contributed by atoms with Gasteiger partial charge >= 0.3 is 11.8 Å². The molecule has 0 radical (unpaired) electrons. The molecule has 2 aliphatic rings. The SMILES string of the molecule is CCC1CCC(NC(=O)C(=O)N2CCCNCC2)CC1. The largest absolute Gasteiger partial charge is 0.345 e. The van der Waals surface area contributed by atoms with E-state index in [0.29, 0.717) is 13.1 Å². The summed E-state index contributed by atoms with van der Waals surface area (Å²) in [5.41, 5.74) is 0. The van der Waals surface area contributed by atoms with Crippen molar-refractivity contribution in [1.82, 2.24) is 15.5 Å². The molecule has 0 atom stereocenters. The van der Waals surface area contributed by atoms with Crippen molar-refractivity contribution in [2.24, 2.45) is 5.92 Å². The Morgan fingerprint density at radius 2 is 1.90 bits per heavy atom. The molecule has 2 fully saturated rings. The number of hydrogen-bond acceptors (Lipinski definition) is 3. The predicted octanol–water partition coefficient (Wildman–Crippen LogP) is 0.893. The Morgan fingerprint density at radius 3 is 2.60 bits per heavy atom. The third-order valence-electron chi connectivity index (χ3n) is 4.58. The molecule has 5 nitrogen and oxygen atoms in total. The van der Waals surface area contributed by atoms with Crippen LogP contribution in [0.4, 0.5) is 0 Å². The van der Waals surface area contributed by atoms with Crippen molar-refractivity contribution in [1.29, 1.82) is 0 Å². The van der Waals surface area contributed by atoms with Crippen LogP contribution in [-0.2, 0) is 9.59 Å². The molecule has 114 valence electrons. The summed E-state index contributed by atoms with van der Waals surface area (Å²) in [6.07, 6.45) is 6.51. The second kappa shape index (κ2) is 7.62. The zero-order valence-corrected chi connectivity index (χ0v) is 12.5. The number of nitrogens with zero attached hydrogens (tertiary/aromatic N) is 1. The minimum atomic E-state index is -0.410. The predicted molar refractivity (Wildman–Crippen MR) is 78.2 cm³/mol. The lowest BCUT2D eigenvalue weighted by molar-refractivity contribution is -0.146. The van der Waals surface area contributed by atoms with Gasteiger partial charge in [0.15, 0.2) is 0 Å². The van der Waals surface area contributed by atoms with Crippen LogP contribution in [0, 0.1) is 5.92 Å². The fourth-order valence-corrected chi connectivity index (χ4v) is 3.15. The number of hydrogen-bond donors (Lipinski definition) is 2. The van der Waals surface area contributed by atoms with Gasteiger partial charge in [0.25, 0.3) is 0 Å². The Bertz CT molecular complexity index is 330. The normalized spacial score (nSPS) is 27.8. The number of amides is 2. The fourth-order valence-electron chi connectivity index (χ4n) is 3.15. The van der Waals surface area contributed by atoms with Crippen LogP contribution in [0.2, 0.25) is 0 Å². The van der Waals surface area contributed by atoms with E-state index in [4.69, 9.17) is 0 Å². The Balaban J connectivity index is 1.77. The number of carbonyl (C=O) groups excluding carboxylic acids is 2. The second-order valence-corrected chi connectivity index (χ2v) is 6.00. The van der Waals surface area contributed by atoms with E-state index in [0.717, 1.165) is 38.3 Å². The molecule has 20 heavy (non-hydrogen) atoms. The van der Waals surface area contributed by atoms with Gasteiger partial charge < -0.3 is 15.5 Å². The van der Waals surface area contributed by atoms with Crippen LogP contribution < -0.4 is 10.6 Å². The molecule has 0 unspecified atom stereocenters. The van der Waals surface area contributed by atoms with E-state index in [1.54, 1.807) is 4.90 Å². The van der Waals surface area contributed by atoms with Gasteiger partial charge in [0.05, 0.1) is 0 Å². The van der Waals surface area contributed by atoms with Crippen molar-refractivity contribution in [2.45, 2.75) is 51.5 Å². The lowest BCUT2D eigenvalue weighted by Gasteiger charge is -2.29. The van der Waals surface area contributed by atoms with Crippen LogP contribution in [-0.4, -0.2) is 48.9 Å². The zero-order valence-electron chi connectivity index (χ0n) is 12.5. The van der Waals surface area contributed by atoms with Crippen LogP contribution in [0.25, 0.3) is 0 Å². The van der Waals surface area contributed by atoms with E-state index in [1.165, 1.54) is 19.3 Å². The van der Waals surface area contributed by atoms with Crippen LogP contribution in [0.15, 0.2) is 0 Å². The maximum atomic E-state index is 12.1. The summed E-state index contributed by atoms with van der Waals surface area (Å²) in [5.74, 6) is 0.0358. The number of carbonyl (C=O) groups is 2. The van der Waals surface area contributed by atoms with Crippen LogP contribution in [0.5, 0.6) is 0 Å². The third kappa shape index (κ3) is 4.20. The molecular weight excluding hydrogens is 254 g/mol. The van der Waals surface area contributed by atoms with Crippen molar-refractivity contribution in [3.05, 3.63) is 0 Å². The van der Waals surface area contributed by atoms with Gasteiger partial charge in [0.1, 0.15) is 0 Å².